The lowest BCUT2D eigenvalue weighted by Crippen LogP contribution is -2.42. The highest BCUT2D eigenvalue weighted by molar-refractivity contribution is 14.0. The van der Waals surface area contributed by atoms with Crippen LogP contribution in [0.3, 0.4) is 0 Å². The maximum Gasteiger partial charge on any atom is 0.191 e. The molecule has 2 rings (SSSR count). The first kappa shape index (κ1) is 21.4. The van der Waals surface area contributed by atoms with Crippen LogP contribution in [-0.4, -0.2) is 49.3 Å². The van der Waals surface area contributed by atoms with E-state index in [4.69, 9.17) is 9.73 Å². The van der Waals surface area contributed by atoms with Crippen molar-refractivity contribution in [1.29, 1.82) is 0 Å². The summed E-state index contributed by atoms with van der Waals surface area (Å²) >= 11 is 2.00. The topological polar surface area (TPSA) is 45.7 Å². The van der Waals surface area contributed by atoms with E-state index in [-0.39, 0.29) is 24.0 Å². The number of hydrogen-bond acceptors (Lipinski definition) is 3. The minimum absolute atomic E-state index is 0. The smallest absolute Gasteiger partial charge is 0.191 e. The Morgan fingerprint density at radius 2 is 2.00 bits per heavy atom. The zero-order chi connectivity index (χ0) is 15.6. The van der Waals surface area contributed by atoms with Crippen LogP contribution in [0.5, 0.6) is 0 Å². The predicted molar refractivity (Wildman–Crippen MR) is 112 cm³/mol. The minimum atomic E-state index is 0. The van der Waals surface area contributed by atoms with E-state index in [9.17, 15) is 0 Å². The highest BCUT2D eigenvalue weighted by Crippen LogP contribution is 2.28. The Hall–Kier alpha value is 0.310. The SMILES string of the molecule is CCNC(=NCCCOC1CCCC1)NC1CCC(SC)C1.I. The molecular weight excluding hydrogens is 421 g/mol. The van der Waals surface area contributed by atoms with Gasteiger partial charge in [0, 0.05) is 31.0 Å². The van der Waals surface area contributed by atoms with Crippen LogP contribution in [0, 0.1) is 0 Å². The van der Waals surface area contributed by atoms with Gasteiger partial charge in [0.2, 0.25) is 0 Å². The first-order chi connectivity index (χ1) is 10.8. The van der Waals surface area contributed by atoms with Crippen LogP contribution in [0.15, 0.2) is 4.99 Å². The quantitative estimate of drug-likeness (QED) is 0.253. The zero-order valence-electron chi connectivity index (χ0n) is 14.7. The highest BCUT2D eigenvalue weighted by atomic mass is 127. The van der Waals surface area contributed by atoms with Gasteiger partial charge in [-0.15, -0.1) is 24.0 Å². The summed E-state index contributed by atoms with van der Waals surface area (Å²) in [6.45, 7) is 4.75. The molecule has 0 aromatic carbocycles. The molecule has 0 bridgehead atoms. The Morgan fingerprint density at radius 3 is 2.65 bits per heavy atom. The number of ether oxygens (including phenoxy) is 1. The fourth-order valence-electron chi connectivity index (χ4n) is 3.36. The number of halogens is 1. The second-order valence-electron chi connectivity index (χ2n) is 6.40. The van der Waals surface area contributed by atoms with Gasteiger partial charge in [0.25, 0.3) is 0 Å². The van der Waals surface area contributed by atoms with Gasteiger partial charge in [-0.3, -0.25) is 4.99 Å². The van der Waals surface area contributed by atoms with Crippen LogP contribution in [0.4, 0.5) is 0 Å². The summed E-state index contributed by atoms with van der Waals surface area (Å²) in [6, 6.07) is 0.588. The van der Waals surface area contributed by atoms with Crippen LogP contribution >= 0.6 is 35.7 Å². The molecule has 2 atom stereocenters. The standard InChI is InChI=1S/C17H33N3OS.HI/c1-3-18-17(20-14-9-10-16(13-14)22-2)19-11-6-12-21-15-7-4-5-8-15;/h14-16H,3-13H2,1-2H3,(H2,18,19,20);1H. The largest absolute Gasteiger partial charge is 0.378 e. The van der Waals surface area contributed by atoms with E-state index >= 15 is 0 Å². The van der Waals surface area contributed by atoms with Crippen molar-refractivity contribution in [2.45, 2.75) is 75.7 Å². The van der Waals surface area contributed by atoms with E-state index in [0.717, 1.165) is 37.3 Å². The number of aliphatic imine (C=N–C) groups is 1. The Balaban J connectivity index is 0.00000264. The average molecular weight is 455 g/mol. The molecule has 0 aromatic heterocycles. The van der Waals surface area contributed by atoms with Crippen molar-refractivity contribution >= 4 is 41.7 Å². The van der Waals surface area contributed by atoms with Gasteiger partial charge < -0.3 is 15.4 Å². The third kappa shape index (κ3) is 8.29. The lowest BCUT2D eigenvalue weighted by molar-refractivity contribution is 0.0579. The van der Waals surface area contributed by atoms with Crippen LogP contribution in [-0.2, 0) is 4.74 Å². The van der Waals surface area contributed by atoms with Crippen molar-refractivity contribution < 1.29 is 4.74 Å². The van der Waals surface area contributed by atoms with E-state index in [1.165, 1.54) is 44.9 Å². The maximum absolute atomic E-state index is 5.89. The van der Waals surface area contributed by atoms with Crippen molar-refractivity contribution in [2.24, 2.45) is 4.99 Å². The second kappa shape index (κ2) is 12.6. The van der Waals surface area contributed by atoms with Crippen LogP contribution in [0.1, 0.15) is 58.3 Å². The number of thioether (sulfide) groups is 1. The Bertz CT molecular complexity index is 338. The first-order valence-electron chi connectivity index (χ1n) is 9.01. The summed E-state index contributed by atoms with van der Waals surface area (Å²) in [5.74, 6) is 0.982. The molecule has 0 aromatic rings. The number of rotatable bonds is 8. The van der Waals surface area contributed by atoms with Gasteiger partial charge in [-0.25, -0.2) is 0 Å². The van der Waals surface area contributed by atoms with Gasteiger partial charge in [0.05, 0.1) is 6.10 Å². The van der Waals surface area contributed by atoms with E-state index in [2.05, 4.69) is 23.8 Å². The zero-order valence-corrected chi connectivity index (χ0v) is 17.8. The Kier molecular flexibility index (Phi) is 11.7. The molecule has 2 aliphatic carbocycles. The lowest BCUT2D eigenvalue weighted by atomic mass is 10.2. The molecule has 0 amide bonds. The number of nitrogens with one attached hydrogen (secondary N) is 2. The third-order valence-corrected chi connectivity index (χ3v) is 5.73. The second-order valence-corrected chi connectivity index (χ2v) is 7.54. The number of hydrogen-bond donors (Lipinski definition) is 2. The molecule has 2 saturated carbocycles. The number of guanidine groups is 1. The molecule has 0 spiro atoms. The maximum atomic E-state index is 5.89. The van der Waals surface area contributed by atoms with E-state index in [1.54, 1.807) is 0 Å². The molecule has 2 aliphatic rings. The van der Waals surface area contributed by atoms with Gasteiger partial charge in [-0.2, -0.15) is 11.8 Å². The summed E-state index contributed by atoms with van der Waals surface area (Å²) < 4.78 is 5.89. The van der Waals surface area contributed by atoms with Gasteiger partial charge >= 0.3 is 0 Å². The van der Waals surface area contributed by atoms with E-state index in [0.29, 0.717) is 12.1 Å². The molecular formula is C17H34IN3OS. The summed E-state index contributed by atoms with van der Waals surface area (Å²) in [4.78, 5) is 4.70. The highest BCUT2D eigenvalue weighted by Gasteiger charge is 2.24. The Labute approximate surface area is 163 Å². The van der Waals surface area contributed by atoms with Gasteiger partial charge in [-0.05, 0) is 51.7 Å². The molecule has 2 N–H and O–H groups in total. The average Bonchev–Trinajstić information content (AvgIpc) is 3.18. The fraction of sp³-hybridized carbons (Fsp3) is 0.941. The summed E-state index contributed by atoms with van der Waals surface area (Å²) in [6.07, 6.45) is 12.8. The molecule has 0 radical (unpaired) electrons. The van der Waals surface area contributed by atoms with Crippen LogP contribution < -0.4 is 10.6 Å². The summed E-state index contributed by atoms with van der Waals surface area (Å²) in [5, 5.41) is 7.78. The summed E-state index contributed by atoms with van der Waals surface area (Å²) in [5.41, 5.74) is 0. The molecule has 0 saturated heterocycles. The lowest BCUT2D eigenvalue weighted by Gasteiger charge is -2.17. The Morgan fingerprint density at radius 1 is 1.22 bits per heavy atom. The molecule has 2 unspecified atom stereocenters. The van der Waals surface area contributed by atoms with Crippen molar-refractivity contribution in [3.05, 3.63) is 0 Å². The van der Waals surface area contributed by atoms with Crippen LogP contribution in [0.25, 0.3) is 0 Å². The predicted octanol–water partition coefficient (Wildman–Crippen LogP) is 3.79. The third-order valence-electron chi connectivity index (χ3n) is 4.63. The molecule has 6 heteroatoms. The van der Waals surface area contributed by atoms with E-state index < -0.39 is 0 Å². The monoisotopic (exact) mass is 455 g/mol. The van der Waals surface area contributed by atoms with Crippen molar-refractivity contribution in [2.75, 3.05) is 26.0 Å². The fourth-order valence-corrected chi connectivity index (χ4v) is 4.16. The molecule has 4 nitrogen and oxygen atoms in total. The molecule has 0 heterocycles. The van der Waals surface area contributed by atoms with Gasteiger partial charge in [0.15, 0.2) is 5.96 Å². The van der Waals surface area contributed by atoms with Crippen molar-refractivity contribution in [3.8, 4) is 0 Å². The van der Waals surface area contributed by atoms with Crippen molar-refractivity contribution in [1.82, 2.24) is 10.6 Å². The van der Waals surface area contributed by atoms with Crippen LogP contribution in [0.2, 0.25) is 0 Å². The summed E-state index contributed by atoms with van der Waals surface area (Å²) in [7, 11) is 0. The molecule has 136 valence electrons. The van der Waals surface area contributed by atoms with Crippen molar-refractivity contribution in [3.63, 3.8) is 0 Å². The number of nitrogens with zero attached hydrogens (tertiary/aromatic N) is 1. The molecule has 2 fully saturated rings. The first-order valence-corrected chi connectivity index (χ1v) is 10.3. The van der Waals surface area contributed by atoms with Gasteiger partial charge in [0.1, 0.15) is 0 Å². The molecule has 23 heavy (non-hydrogen) atoms. The normalized spacial score (nSPS) is 25.4. The minimum Gasteiger partial charge on any atom is -0.378 e. The van der Waals surface area contributed by atoms with Gasteiger partial charge in [-0.1, -0.05) is 12.8 Å². The molecule has 0 aliphatic heterocycles. The van der Waals surface area contributed by atoms with E-state index in [1.807, 2.05) is 11.8 Å².